The average Bonchev–Trinajstić information content (AvgIpc) is 2.39. The van der Waals surface area contributed by atoms with Crippen molar-refractivity contribution in [3.63, 3.8) is 0 Å². The molecule has 2 rings (SSSR count). The van der Waals surface area contributed by atoms with Crippen molar-refractivity contribution in [2.24, 2.45) is 0 Å². The fraction of sp³-hybridized carbons (Fsp3) is 0.0667. The van der Waals surface area contributed by atoms with Crippen LogP contribution in [0.15, 0.2) is 43.0 Å². The Morgan fingerprint density at radius 1 is 1.05 bits per heavy atom. The van der Waals surface area contributed by atoms with Gasteiger partial charge in [0.25, 0.3) is 0 Å². The van der Waals surface area contributed by atoms with E-state index in [1.807, 2.05) is 0 Å². The molecule has 2 aromatic carbocycles. The van der Waals surface area contributed by atoms with Crippen LogP contribution in [-0.2, 0) is 0 Å². The first-order chi connectivity index (χ1) is 9.54. The van der Waals surface area contributed by atoms with Crippen molar-refractivity contribution in [2.45, 2.75) is 0 Å². The van der Waals surface area contributed by atoms with Gasteiger partial charge in [0.15, 0.2) is 0 Å². The van der Waals surface area contributed by atoms with Crippen molar-refractivity contribution in [1.29, 1.82) is 0 Å². The molecule has 5 heteroatoms. The van der Waals surface area contributed by atoms with Gasteiger partial charge >= 0.3 is 0 Å². The molecular formula is C15H10Cl2F2O. The SMILES string of the molecule is C=CCOc1cc(F)c(-c2c(Cl)cccc2Cl)c(F)c1. The molecule has 0 saturated carbocycles. The second-order valence-corrected chi connectivity index (χ2v) is 4.77. The van der Waals surface area contributed by atoms with E-state index in [0.717, 1.165) is 12.1 Å². The highest BCUT2D eigenvalue weighted by Gasteiger charge is 2.19. The van der Waals surface area contributed by atoms with Crippen LogP contribution in [0.5, 0.6) is 5.75 Å². The maximum absolute atomic E-state index is 14.1. The van der Waals surface area contributed by atoms with E-state index in [-0.39, 0.29) is 33.5 Å². The van der Waals surface area contributed by atoms with Gasteiger partial charge < -0.3 is 4.74 Å². The summed E-state index contributed by atoms with van der Waals surface area (Å²) in [6.45, 7) is 3.62. The van der Waals surface area contributed by atoms with Gasteiger partial charge in [-0.15, -0.1) is 0 Å². The molecule has 0 amide bonds. The van der Waals surface area contributed by atoms with Crippen LogP contribution in [0.2, 0.25) is 10.0 Å². The molecule has 0 aliphatic rings. The molecule has 0 heterocycles. The molecule has 0 aromatic heterocycles. The number of hydrogen-bond donors (Lipinski definition) is 0. The minimum absolute atomic E-state index is 0.0758. The number of hydrogen-bond acceptors (Lipinski definition) is 1. The van der Waals surface area contributed by atoms with Gasteiger partial charge in [0.1, 0.15) is 24.0 Å². The normalized spacial score (nSPS) is 10.4. The number of benzene rings is 2. The summed E-state index contributed by atoms with van der Waals surface area (Å²) < 4.78 is 33.3. The summed E-state index contributed by atoms with van der Waals surface area (Å²) in [5.41, 5.74) is -0.146. The zero-order chi connectivity index (χ0) is 14.7. The molecule has 0 bridgehead atoms. The largest absolute Gasteiger partial charge is 0.489 e. The minimum Gasteiger partial charge on any atom is -0.489 e. The third-order valence-corrected chi connectivity index (χ3v) is 3.23. The second kappa shape index (κ2) is 6.25. The van der Waals surface area contributed by atoms with Crippen LogP contribution in [0.4, 0.5) is 8.78 Å². The Bertz CT molecular complexity index is 613. The van der Waals surface area contributed by atoms with Crippen LogP contribution >= 0.6 is 23.2 Å². The molecule has 0 atom stereocenters. The van der Waals surface area contributed by atoms with Crippen LogP contribution in [-0.4, -0.2) is 6.61 Å². The number of rotatable bonds is 4. The van der Waals surface area contributed by atoms with E-state index < -0.39 is 11.6 Å². The first-order valence-corrected chi connectivity index (χ1v) is 6.47. The van der Waals surface area contributed by atoms with Gasteiger partial charge in [0.2, 0.25) is 0 Å². The molecule has 0 aliphatic heterocycles. The summed E-state index contributed by atoms with van der Waals surface area (Å²) in [6.07, 6.45) is 1.48. The maximum Gasteiger partial charge on any atom is 0.137 e. The van der Waals surface area contributed by atoms with Crippen molar-refractivity contribution in [3.8, 4) is 16.9 Å². The monoisotopic (exact) mass is 314 g/mol. The van der Waals surface area contributed by atoms with Crippen molar-refractivity contribution in [3.05, 3.63) is 64.7 Å². The van der Waals surface area contributed by atoms with Gasteiger partial charge in [-0.2, -0.15) is 0 Å². The van der Waals surface area contributed by atoms with Crippen LogP contribution in [0.1, 0.15) is 0 Å². The van der Waals surface area contributed by atoms with Crippen molar-refractivity contribution < 1.29 is 13.5 Å². The summed E-state index contributed by atoms with van der Waals surface area (Å²) in [5.74, 6) is -1.51. The number of ether oxygens (including phenoxy) is 1. The highest BCUT2D eigenvalue weighted by molar-refractivity contribution is 6.39. The highest BCUT2D eigenvalue weighted by Crippen LogP contribution is 2.38. The van der Waals surface area contributed by atoms with Crippen molar-refractivity contribution in [2.75, 3.05) is 6.61 Å². The van der Waals surface area contributed by atoms with E-state index in [9.17, 15) is 8.78 Å². The van der Waals surface area contributed by atoms with Crippen LogP contribution in [0, 0.1) is 11.6 Å². The van der Waals surface area contributed by atoms with E-state index in [4.69, 9.17) is 27.9 Å². The quantitative estimate of drug-likeness (QED) is 0.677. The summed E-state index contributed by atoms with van der Waals surface area (Å²) in [7, 11) is 0. The van der Waals surface area contributed by atoms with E-state index in [0.29, 0.717) is 0 Å². The molecule has 0 aliphatic carbocycles. The molecule has 20 heavy (non-hydrogen) atoms. The van der Waals surface area contributed by atoms with E-state index >= 15 is 0 Å². The standard InChI is InChI=1S/C15H10Cl2F2O/c1-2-6-20-9-7-12(18)15(13(19)8-9)14-10(16)4-3-5-11(14)17/h2-5,7-8H,1,6H2. The Morgan fingerprint density at radius 2 is 1.60 bits per heavy atom. The van der Waals surface area contributed by atoms with E-state index in [1.54, 1.807) is 6.07 Å². The first kappa shape index (κ1) is 14.8. The Morgan fingerprint density at radius 3 is 2.10 bits per heavy atom. The summed E-state index contributed by atoms with van der Waals surface area (Å²) in [6, 6.07) is 6.81. The summed E-state index contributed by atoms with van der Waals surface area (Å²) in [4.78, 5) is 0. The summed E-state index contributed by atoms with van der Waals surface area (Å²) >= 11 is 11.9. The molecule has 104 valence electrons. The molecule has 2 aromatic rings. The van der Waals surface area contributed by atoms with Gasteiger partial charge in [-0.1, -0.05) is 41.9 Å². The lowest BCUT2D eigenvalue weighted by Gasteiger charge is -2.11. The summed E-state index contributed by atoms with van der Waals surface area (Å²) in [5, 5.41) is 0.352. The Labute approximate surface area is 125 Å². The fourth-order valence-electron chi connectivity index (χ4n) is 1.76. The molecule has 0 radical (unpaired) electrons. The lowest BCUT2D eigenvalue weighted by atomic mass is 10.0. The highest BCUT2D eigenvalue weighted by atomic mass is 35.5. The van der Waals surface area contributed by atoms with Gasteiger partial charge in [-0.3, -0.25) is 0 Å². The zero-order valence-corrected chi connectivity index (χ0v) is 11.8. The molecule has 0 unspecified atom stereocenters. The lowest BCUT2D eigenvalue weighted by molar-refractivity contribution is 0.358. The zero-order valence-electron chi connectivity index (χ0n) is 10.3. The molecule has 1 nitrogen and oxygen atoms in total. The Kier molecular flexibility index (Phi) is 4.63. The third kappa shape index (κ3) is 2.94. The molecule has 0 saturated heterocycles. The van der Waals surface area contributed by atoms with E-state index in [2.05, 4.69) is 6.58 Å². The molecular weight excluding hydrogens is 305 g/mol. The second-order valence-electron chi connectivity index (χ2n) is 3.96. The van der Waals surface area contributed by atoms with E-state index in [1.165, 1.54) is 18.2 Å². The lowest BCUT2D eigenvalue weighted by Crippen LogP contribution is -1.97. The van der Waals surface area contributed by atoms with Gasteiger partial charge in [0.05, 0.1) is 15.6 Å². The predicted octanol–water partition coefficient (Wildman–Crippen LogP) is 5.50. The van der Waals surface area contributed by atoms with Crippen molar-refractivity contribution >= 4 is 23.2 Å². The van der Waals surface area contributed by atoms with Crippen LogP contribution in [0.3, 0.4) is 0 Å². The molecule has 0 spiro atoms. The topological polar surface area (TPSA) is 9.23 Å². The Hall–Kier alpha value is -1.58. The average molecular weight is 315 g/mol. The van der Waals surface area contributed by atoms with Gasteiger partial charge in [-0.05, 0) is 12.1 Å². The maximum atomic E-state index is 14.1. The van der Waals surface area contributed by atoms with Gasteiger partial charge in [-0.25, -0.2) is 8.78 Å². The fourth-order valence-corrected chi connectivity index (χ4v) is 2.35. The molecule has 0 fully saturated rings. The molecule has 0 N–H and O–H groups in total. The first-order valence-electron chi connectivity index (χ1n) is 5.71. The number of halogens is 4. The van der Waals surface area contributed by atoms with Crippen molar-refractivity contribution in [1.82, 2.24) is 0 Å². The van der Waals surface area contributed by atoms with Crippen LogP contribution < -0.4 is 4.74 Å². The smallest absolute Gasteiger partial charge is 0.137 e. The Balaban J connectivity index is 2.55. The minimum atomic E-state index is -0.793. The van der Waals surface area contributed by atoms with Crippen LogP contribution in [0.25, 0.3) is 11.1 Å². The third-order valence-electron chi connectivity index (χ3n) is 2.60. The predicted molar refractivity (Wildman–Crippen MR) is 77.5 cm³/mol. The van der Waals surface area contributed by atoms with Gasteiger partial charge in [0, 0.05) is 17.7 Å².